The molecule has 1 saturated carbocycles. The standard InChI is InChI=1S/C15H22O/c1-2-13(11-15(12-16)8-9-15)10-14-6-4-3-5-7-14/h3-7,13,16H,2,8-12H2,1H3/t13-/m1/s1. The van der Waals surface area contributed by atoms with Crippen molar-refractivity contribution in [1.82, 2.24) is 0 Å². The minimum Gasteiger partial charge on any atom is -0.396 e. The second-order valence-corrected chi connectivity index (χ2v) is 5.33. The monoisotopic (exact) mass is 218 g/mol. The van der Waals surface area contributed by atoms with Gasteiger partial charge in [0.15, 0.2) is 0 Å². The number of rotatable bonds is 6. The Morgan fingerprint density at radius 1 is 1.25 bits per heavy atom. The quantitative estimate of drug-likeness (QED) is 0.775. The molecule has 1 aromatic rings. The zero-order chi connectivity index (χ0) is 11.4. The minimum atomic E-state index is 0.301. The van der Waals surface area contributed by atoms with Crippen molar-refractivity contribution in [3.8, 4) is 0 Å². The second kappa shape index (κ2) is 5.01. The highest BCUT2D eigenvalue weighted by Crippen LogP contribution is 2.50. The van der Waals surface area contributed by atoms with Crippen molar-refractivity contribution in [2.24, 2.45) is 11.3 Å². The zero-order valence-electron chi connectivity index (χ0n) is 10.2. The molecule has 0 unspecified atom stereocenters. The average molecular weight is 218 g/mol. The van der Waals surface area contributed by atoms with Crippen molar-refractivity contribution in [2.75, 3.05) is 6.61 Å². The molecule has 0 radical (unpaired) electrons. The lowest BCUT2D eigenvalue weighted by Crippen LogP contribution is -2.15. The van der Waals surface area contributed by atoms with E-state index in [1.165, 1.54) is 37.7 Å². The fraction of sp³-hybridized carbons (Fsp3) is 0.600. The molecule has 1 aromatic carbocycles. The van der Waals surface area contributed by atoms with Gasteiger partial charge >= 0.3 is 0 Å². The third kappa shape index (κ3) is 2.85. The second-order valence-electron chi connectivity index (χ2n) is 5.33. The fourth-order valence-corrected chi connectivity index (χ4v) is 2.52. The van der Waals surface area contributed by atoms with Gasteiger partial charge in [-0.1, -0.05) is 43.7 Å². The Morgan fingerprint density at radius 2 is 1.94 bits per heavy atom. The maximum atomic E-state index is 9.37. The molecule has 0 aromatic heterocycles. The van der Waals surface area contributed by atoms with Gasteiger partial charge in [-0.05, 0) is 42.6 Å². The molecule has 16 heavy (non-hydrogen) atoms. The van der Waals surface area contributed by atoms with Crippen LogP contribution >= 0.6 is 0 Å². The molecule has 0 aliphatic heterocycles. The zero-order valence-corrected chi connectivity index (χ0v) is 10.2. The number of benzene rings is 1. The summed E-state index contributed by atoms with van der Waals surface area (Å²) < 4.78 is 0. The third-order valence-electron chi connectivity index (χ3n) is 3.96. The van der Waals surface area contributed by atoms with Gasteiger partial charge in [-0.15, -0.1) is 0 Å². The van der Waals surface area contributed by atoms with Crippen LogP contribution in [0.25, 0.3) is 0 Å². The lowest BCUT2D eigenvalue weighted by molar-refractivity contribution is 0.181. The van der Waals surface area contributed by atoms with Crippen molar-refractivity contribution in [1.29, 1.82) is 0 Å². The van der Waals surface area contributed by atoms with E-state index in [0.29, 0.717) is 12.0 Å². The van der Waals surface area contributed by atoms with Crippen LogP contribution in [0.5, 0.6) is 0 Å². The summed E-state index contributed by atoms with van der Waals surface area (Å²) in [6.07, 6.45) is 6.05. The first kappa shape index (κ1) is 11.7. The molecular weight excluding hydrogens is 196 g/mol. The van der Waals surface area contributed by atoms with Crippen LogP contribution in [-0.2, 0) is 6.42 Å². The van der Waals surface area contributed by atoms with Crippen LogP contribution in [0.2, 0.25) is 0 Å². The van der Waals surface area contributed by atoms with Gasteiger partial charge in [0, 0.05) is 6.61 Å². The third-order valence-corrected chi connectivity index (χ3v) is 3.96. The molecule has 0 bridgehead atoms. The largest absolute Gasteiger partial charge is 0.396 e. The smallest absolute Gasteiger partial charge is 0.0487 e. The van der Waals surface area contributed by atoms with Crippen LogP contribution in [0, 0.1) is 11.3 Å². The van der Waals surface area contributed by atoms with E-state index in [1.807, 2.05) is 0 Å². The summed E-state index contributed by atoms with van der Waals surface area (Å²) in [5.41, 5.74) is 1.73. The number of hydrogen-bond donors (Lipinski definition) is 1. The normalized spacial score (nSPS) is 19.4. The molecular formula is C15H22O. The summed E-state index contributed by atoms with van der Waals surface area (Å²) in [7, 11) is 0. The van der Waals surface area contributed by atoms with Crippen LogP contribution in [0.15, 0.2) is 30.3 Å². The molecule has 0 amide bonds. The van der Waals surface area contributed by atoms with Gasteiger partial charge in [0.1, 0.15) is 0 Å². The molecule has 88 valence electrons. The predicted octanol–water partition coefficient (Wildman–Crippen LogP) is 3.42. The molecule has 1 heteroatoms. The van der Waals surface area contributed by atoms with E-state index in [9.17, 15) is 5.11 Å². The Labute approximate surface area is 98.5 Å². The average Bonchev–Trinajstić information content (AvgIpc) is 3.10. The summed E-state index contributed by atoms with van der Waals surface area (Å²) in [4.78, 5) is 0. The molecule has 1 N–H and O–H groups in total. The summed E-state index contributed by atoms with van der Waals surface area (Å²) in [6.45, 7) is 2.65. The summed E-state index contributed by atoms with van der Waals surface area (Å²) in [5, 5.41) is 9.37. The van der Waals surface area contributed by atoms with Crippen molar-refractivity contribution in [2.45, 2.75) is 39.0 Å². The van der Waals surface area contributed by atoms with Gasteiger partial charge in [-0.3, -0.25) is 0 Å². The molecule has 0 saturated heterocycles. The topological polar surface area (TPSA) is 20.2 Å². The molecule has 1 aliphatic rings. The Hall–Kier alpha value is -0.820. The van der Waals surface area contributed by atoms with E-state index in [1.54, 1.807) is 0 Å². The predicted molar refractivity (Wildman–Crippen MR) is 67.3 cm³/mol. The van der Waals surface area contributed by atoms with Crippen LogP contribution in [0.3, 0.4) is 0 Å². The van der Waals surface area contributed by atoms with Gasteiger partial charge in [0.25, 0.3) is 0 Å². The first-order valence-corrected chi connectivity index (χ1v) is 6.43. The van der Waals surface area contributed by atoms with Gasteiger partial charge < -0.3 is 5.11 Å². The van der Waals surface area contributed by atoms with Crippen molar-refractivity contribution >= 4 is 0 Å². The Balaban J connectivity index is 1.91. The lowest BCUT2D eigenvalue weighted by Gasteiger charge is -2.20. The SMILES string of the molecule is CC[C@H](Cc1ccccc1)CC1(CO)CC1. The van der Waals surface area contributed by atoms with Crippen LogP contribution in [0.4, 0.5) is 0 Å². The minimum absolute atomic E-state index is 0.301. The summed E-state index contributed by atoms with van der Waals surface area (Å²) in [6, 6.07) is 10.7. The van der Waals surface area contributed by atoms with E-state index in [0.717, 1.165) is 5.92 Å². The first-order chi connectivity index (χ1) is 7.78. The first-order valence-electron chi connectivity index (χ1n) is 6.43. The maximum absolute atomic E-state index is 9.37. The van der Waals surface area contributed by atoms with E-state index < -0.39 is 0 Å². The molecule has 2 rings (SSSR count). The Morgan fingerprint density at radius 3 is 2.44 bits per heavy atom. The van der Waals surface area contributed by atoms with Crippen molar-refractivity contribution in [3.05, 3.63) is 35.9 Å². The summed E-state index contributed by atoms with van der Waals surface area (Å²) >= 11 is 0. The summed E-state index contributed by atoms with van der Waals surface area (Å²) in [5.74, 6) is 0.733. The molecule has 0 heterocycles. The van der Waals surface area contributed by atoms with E-state index >= 15 is 0 Å². The number of aliphatic hydroxyl groups excluding tert-OH is 1. The highest BCUT2D eigenvalue weighted by atomic mass is 16.3. The van der Waals surface area contributed by atoms with Gasteiger partial charge in [0.05, 0.1) is 0 Å². The van der Waals surface area contributed by atoms with Gasteiger partial charge in [-0.2, -0.15) is 0 Å². The molecule has 0 spiro atoms. The Kier molecular flexibility index (Phi) is 3.65. The highest BCUT2D eigenvalue weighted by molar-refractivity contribution is 5.15. The molecule has 1 fully saturated rings. The maximum Gasteiger partial charge on any atom is 0.0487 e. The van der Waals surface area contributed by atoms with E-state index in [-0.39, 0.29) is 0 Å². The van der Waals surface area contributed by atoms with Crippen LogP contribution in [0.1, 0.15) is 38.2 Å². The van der Waals surface area contributed by atoms with Crippen LogP contribution < -0.4 is 0 Å². The van der Waals surface area contributed by atoms with E-state index in [2.05, 4.69) is 37.3 Å². The van der Waals surface area contributed by atoms with Crippen molar-refractivity contribution < 1.29 is 5.11 Å². The number of aliphatic hydroxyl groups is 1. The lowest BCUT2D eigenvalue weighted by atomic mass is 9.86. The number of hydrogen-bond acceptors (Lipinski definition) is 1. The Bertz CT molecular complexity index is 313. The fourth-order valence-electron chi connectivity index (χ4n) is 2.52. The van der Waals surface area contributed by atoms with Gasteiger partial charge in [-0.25, -0.2) is 0 Å². The van der Waals surface area contributed by atoms with E-state index in [4.69, 9.17) is 0 Å². The molecule has 1 aliphatic carbocycles. The highest BCUT2D eigenvalue weighted by Gasteiger charge is 2.42. The molecule has 1 atom stereocenters. The molecule has 1 nitrogen and oxygen atoms in total. The van der Waals surface area contributed by atoms with Crippen LogP contribution in [-0.4, -0.2) is 11.7 Å². The van der Waals surface area contributed by atoms with Gasteiger partial charge in [0.2, 0.25) is 0 Å². The van der Waals surface area contributed by atoms with Crippen molar-refractivity contribution in [3.63, 3.8) is 0 Å².